The third kappa shape index (κ3) is 7.58. The highest BCUT2D eigenvalue weighted by Gasteiger charge is 2.03. The Labute approximate surface area is 165 Å². The fourth-order valence-corrected chi connectivity index (χ4v) is 2.58. The maximum atomic E-state index is 11.9. The number of ether oxygens (including phenoxy) is 1. The SMILES string of the molecule is COc1cc(/C=C/CNC(=O)CCCc2cc(C)cc(N)n2)ccc1O.Cl. The summed E-state index contributed by atoms with van der Waals surface area (Å²) in [5.74, 6) is 1.03. The normalized spacial score (nSPS) is 10.4. The maximum absolute atomic E-state index is 11.9. The molecule has 7 heteroatoms. The summed E-state index contributed by atoms with van der Waals surface area (Å²) < 4.78 is 5.06. The van der Waals surface area contributed by atoms with Crippen molar-refractivity contribution in [2.75, 3.05) is 19.4 Å². The van der Waals surface area contributed by atoms with Gasteiger partial charge in [-0.15, -0.1) is 12.4 Å². The molecule has 0 fully saturated rings. The van der Waals surface area contributed by atoms with Crippen molar-refractivity contribution in [3.05, 3.63) is 53.2 Å². The number of phenols is 1. The summed E-state index contributed by atoms with van der Waals surface area (Å²) in [4.78, 5) is 16.1. The first-order valence-electron chi connectivity index (χ1n) is 8.51. The van der Waals surface area contributed by atoms with Gasteiger partial charge in [-0.1, -0.05) is 18.2 Å². The van der Waals surface area contributed by atoms with Crippen LogP contribution in [0, 0.1) is 6.92 Å². The molecule has 6 nitrogen and oxygen atoms in total. The molecule has 1 aromatic carbocycles. The number of hydrogen-bond donors (Lipinski definition) is 3. The van der Waals surface area contributed by atoms with Crippen molar-refractivity contribution in [1.82, 2.24) is 10.3 Å². The zero-order chi connectivity index (χ0) is 18.9. The molecule has 0 spiro atoms. The monoisotopic (exact) mass is 391 g/mol. The molecular formula is C20H26ClN3O3. The molecule has 2 aromatic rings. The van der Waals surface area contributed by atoms with Crippen LogP contribution in [-0.2, 0) is 11.2 Å². The van der Waals surface area contributed by atoms with Crippen molar-refractivity contribution < 1.29 is 14.6 Å². The van der Waals surface area contributed by atoms with E-state index in [-0.39, 0.29) is 24.1 Å². The molecule has 4 N–H and O–H groups in total. The largest absolute Gasteiger partial charge is 0.504 e. The van der Waals surface area contributed by atoms with Crippen LogP contribution in [0.15, 0.2) is 36.4 Å². The van der Waals surface area contributed by atoms with Crippen molar-refractivity contribution in [3.8, 4) is 11.5 Å². The van der Waals surface area contributed by atoms with Gasteiger partial charge in [0, 0.05) is 18.7 Å². The van der Waals surface area contributed by atoms with Gasteiger partial charge < -0.3 is 20.9 Å². The Morgan fingerprint density at radius 3 is 2.81 bits per heavy atom. The van der Waals surface area contributed by atoms with Gasteiger partial charge in [-0.3, -0.25) is 4.79 Å². The van der Waals surface area contributed by atoms with Crippen LogP contribution < -0.4 is 15.8 Å². The van der Waals surface area contributed by atoms with E-state index in [1.54, 1.807) is 18.2 Å². The van der Waals surface area contributed by atoms with E-state index < -0.39 is 0 Å². The molecule has 0 unspecified atom stereocenters. The highest BCUT2D eigenvalue weighted by Crippen LogP contribution is 2.26. The van der Waals surface area contributed by atoms with E-state index in [2.05, 4.69) is 10.3 Å². The second kappa shape index (κ2) is 11.1. The van der Waals surface area contributed by atoms with Gasteiger partial charge >= 0.3 is 0 Å². The smallest absolute Gasteiger partial charge is 0.220 e. The van der Waals surface area contributed by atoms with E-state index in [4.69, 9.17) is 10.5 Å². The zero-order valence-electron chi connectivity index (χ0n) is 15.6. The Morgan fingerprint density at radius 1 is 1.33 bits per heavy atom. The summed E-state index contributed by atoms with van der Waals surface area (Å²) in [5.41, 5.74) is 8.60. The number of phenolic OH excluding ortho intramolecular Hbond substituents is 1. The van der Waals surface area contributed by atoms with Crippen LogP contribution >= 0.6 is 12.4 Å². The van der Waals surface area contributed by atoms with Crippen molar-refractivity contribution >= 4 is 30.2 Å². The predicted octanol–water partition coefficient (Wildman–Crippen LogP) is 3.26. The Hall–Kier alpha value is -2.73. The number of methoxy groups -OCH3 is 1. The number of amides is 1. The molecule has 0 aliphatic carbocycles. The molecule has 146 valence electrons. The number of halogens is 1. The number of aryl methyl sites for hydroxylation is 2. The highest BCUT2D eigenvalue weighted by atomic mass is 35.5. The van der Waals surface area contributed by atoms with Crippen LogP contribution in [0.25, 0.3) is 6.08 Å². The topological polar surface area (TPSA) is 97.5 Å². The number of nitrogens with zero attached hydrogens (tertiary/aromatic N) is 1. The average molecular weight is 392 g/mol. The second-order valence-corrected chi connectivity index (χ2v) is 6.05. The van der Waals surface area contributed by atoms with E-state index in [0.717, 1.165) is 29.7 Å². The lowest BCUT2D eigenvalue weighted by Gasteiger charge is -2.05. The van der Waals surface area contributed by atoms with E-state index in [1.165, 1.54) is 7.11 Å². The molecule has 0 saturated heterocycles. The molecular weight excluding hydrogens is 366 g/mol. The fraction of sp³-hybridized carbons (Fsp3) is 0.300. The van der Waals surface area contributed by atoms with E-state index >= 15 is 0 Å². The van der Waals surface area contributed by atoms with Gasteiger partial charge in [0.05, 0.1) is 7.11 Å². The van der Waals surface area contributed by atoms with Crippen molar-refractivity contribution in [1.29, 1.82) is 0 Å². The Kier molecular flexibility index (Phi) is 9.16. The third-order valence-electron chi connectivity index (χ3n) is 3.81. The minimum absolute atomic E-state index is 0. The average Bonchev–Trinajstić information content (AvgIpc) is 2.59. The summed E-state index contributed by atoms with van der Waals surface area (Å²) >= 11 is 0. The van der Waals surface area contributed by atoms with Crippen LogP contribution in [0.2, 0.25) is 0 Å². The summed E-state index contributed by atoms with van der Waals surface area (Å²) in [7, 11) is 1.50. The van der Waals surface area contributed by atoms with Gasteiger partial charge in [0.2, 0.25) is 5.91 Å². The Balaban J connectivity index is 0.00000364. The molecule has 1 aromatic heterocycles. The van der Waals surface area contributed by atoms with E-state index in [9.17, 15) is 9.90 Å². The fourth-order valence-electron chi connectivity index (χ4n) is 2.58. The molecule has 1 heterocycles. The number of pyridine rings is 1. The maximum Gasteiger partial charge on any atom is 0.220 e. The van der Waals surface area contributed by atoms with Gasteiger partial charge in [-0.2, -0.15) is 0 Å². The number of benzene rings is 1. The van der Waals surface area contributed by atoms with Crippen molar-refractivity contribution in [2.45, 2.75) is 26.2 Å². The van der Waals surface area contributed by atoms with Gasteiger partial charge in [0.25, 0.3) is 0 Å². The first kappa shape index (κ1) is 22.3. The number of nitrogens with one attached hydrogen (secondary N) is 1. The summed E-state index contributed by atoms with van der Waals surface area (Å²) in [6.45, 7) is 2.42. The standard InChI is InChI=1S/C20H25N3O3.ClH/c1-14-11-16(23-19(21)12-14)6-3-7-20(25)22-10-4-5-15-8-9-17(24)18(13-15)26-2;/h4-5,8-9,11-13,24H,3,6-7,10H2,1-2H3,(H2,21,23)(H,22,25);1H/b5-4+;. The number of hydrogen-bond acceptors (Lipinski definition) is 5. The Morgan fingerprint density at radius 2 is 2.11 bits per heavy atom. The lowest BCUT2D eigenvalue weighted by Crippen LogP contribution is -2.23. The second-order valence-electron chi connectivity index (χ2n) is 6.05. The predicted molar refractivity (Wildman–Crippen MR) is 110 cm³/mol. The van der Waals surface area contributed by atoms with Gasteiger partial charge in [-0.05, 0) is 55.2 Å². The summed E-state index contributed by atoms with van der Waals surface area (Å²) in [6, 6.07) is 8.89. The van der Waals surface area contributed by atoms with Crippen LogP contribution in [0.5, 0.6) is 11.5 Å². The minimum atomic E-state index is -0.00133. The number of nitrogen functional groups attached to an aromatic ring is 1. The number of rotatable bonds is 8. The molecule has 1 amide bonds. The quantitative estimate of drug-likeness (QED) is 0.641. The number of anilines is 1. The molecule has 0 saturated carbocycles. The first-order chi connectivity index (χ1) is 12.5. The molecule has 2 rings (SSSR count). The molecule has 0 aliphatic rings. The van der Waals surface area contributed by atoms with Crippen LogP contribution in [0.4, 0.5) is 5.82 Å². The summed E-state index contributed by atoms with van der Waals surface area (Å²) in [6.07, 6.45) is 5.60. The number of aromatic nitrogens is 1. The summed E-state index contributed by atoms with van der Waals surface area (Å²) in [5, 5.41) is 12.4. The van der Waals surface area contributed by atoms with Crippen LogP contribution in [-0.4, -0.2) is 29.7 Å². The van der Waals surface area contributed by atoms with Gasteiger partial charge in [0.15, 0.2) is 11.5 Å². The van der Waals surface area contributed by atoms with Crippen molar-refractivity contribution in [3.63, 3.8) is 0 Å². The molecule has 0 bridgehead atoms. The number of carbonyl (C=O) groups excluding carboxylic acids is 1. The zero-order valence-corrected chi connectivity index (χ0v) is 16.4. The van der Waals surface area contributed by atoms with Crippen LogP contribution in [0.1, 0.15) is 29.7 Å². The minimum Gasteiger partial charge on any atom is -0.504 e. The number of aromatic hydroxyl groups is 1. The van der Waals surface area contributed by atoms with E-state index in [0.29, 0.717) is 24.5 Å². The molecule has 0 radical (unpaired) electrons. The van der Waals surface area contributed by atoms with Crippen LogP contribution in [0.3, 0.4) is 0 Å². The number of nitrogens with two attached hydrogens (primary N) is 1. The lowest BCUT2D eigenvalue weighted by atomic mass is 10.1. The van der Waals surface area contributed by atoms with Gasteiger partial charge in [0.1, 0.15) is 5.82 Å². The first-order valence-corrected chi connectivity index (χ1v) is 8.51. The highest BCUT2D eigenvalue weighted by molar-refractivity contribution is 5.85. The Bertz CT molecular complexity index is 774. The third-order valence-corrected chi connectivity index (χ3v) is 3.81. The lowest BCUT2D eigenvalue weighted by molar-refractivity contribution is -0.120. The molecule has 27 heavy (non-hydrogen) atoms. The van der Waals surface area contributed by atoms with E-state index in [1.807, 2.05) is 31.2 Å². The van der Waals surface area contributed by atoms with Crippen molar-refractivity contribution in [2.24, 2.45) is 0 Å². The number of carbonyl (C=O) groups is 1. The molecule has 0 aliphatic heterocycles. The van der Waals surface area contributed by atoms with Gasteiger partial charge in [-0.25, -0.2) is 4.98 Å². The molecule has 0 atom stereocenters.